The minimum atomic E-state index is -0.560. The van der Waals surface area contributed by atoms with Gasteiger partial charge in [0.1, 0.15) is 0 Å². The summed E-state index contributed by atoms with van der Waals surface area (Å²) in [6.45, 7) is 2.49. The number of likely N-dealkylation sites (N-methyl/N-ethyl adjacent to an activating group) is 1. The van der Waals surface area contributed by atoms with Gasteiger partial charge in [-0.25, -0.2) is 0 Å². The molecular weight excluding hydrogens is 118 g/mol. The Balaban J connectivity index is 2.54. The fourth-order valence-electron chi connectivity index (χ4n) is 1.15. The Morgan fingerprint density at radius 2 is 2.00 bits per heavy atom. The minimum absolute atomic E-state index is 0.0972. The highest BCUT2D eigenvalue weighted by Crippen LogP contribution is 2.14. The molecule has 9 heavy (non-hydrogen) atoms. The smallest absolute Gasteiger partial charge is 0.0963 e. The van der Waals surface area contributed by atoms with Crippen molar-refractivity contribution in [1.82, 2.24) is 4.90 Å². The first kappa shape index (κ1) is 6.99. The molecule has 1 fully saturated rings. The summed E-state index contributed by atoms with van der Waals surface area (Å²) in [4.78, 5) is 1.94. The Labute approximate surface area is 54.9 Å². The molecule has 0 amide bonds. The molecule has 2 N–H and O–H groups in total. The SMILES string of the molecule is C[C@@H]1C(O)C(O)CN1C. The van der Waals surface area contributed by atoms with Crippen molar-refractivity contribution in [2.45, 2.75) is 25.2 Å². The lowest BCUT2D eigenvalue weighted by Crippen LogP contribution is -2.30. The predicted molar refractivity (Wildman–Crippen MR) is 34.1 cm³/mol. The molecule has 2 unspecified atom stereocenters. The van der Waals surface area contributed by atoms with Gasteiger partial charge in [-0.05, 0) is 14.0 Å². The van der Waals surface area contributed by atoms with Crippen molar-refractivity contribution in [1.29, 1.82) is 0 Å². The van der Waals surface area contributed by atoms with Gasteiger partial charge in [0.25, 0.3) is 0 Å². The van der Waals surface area contributed by atoms with Gasteiger partial charge in [-0.1, -0.05) is 0 Å². The van der Waals surface area contributed by atoms with Crippen molar-refractivity contribution in [3.8, 4) is 0 Å². The molecule has 1 aliphatic rings. The van der Waals surface area contributed by atoms with Crippen LogP contribution in [0, 0.1) is 0 Å². The number of nitrogens with zero attached hydrogens (tertiary/aromatic N) is 1. The molecule has 1 heterocycles. The quantitative estimate of drug-likeness (QED) is 0.445. The van der Waals surface area contributed by atoms with E-state index < -0.39 is 12.2 Å². The third-order valence-electron chi connectivity index (χ3n) is 2.06. The Morgan fingerprint density at radius 1 is 1.44 bits per heavy atom. The van der Waals surface area contributed by atoms with Crippen molar-refractivity contribution < 1.29 is 10.2 Å². The van der Waals surface area contributed by atoms with Crippen molar-refractivity contribution in [2.24, 2.45) is 0 Å². The van der Waals surface area contributed by atoms with Gasteiger partial charge in [0.2, 0.25) is 0 Å². The Kier molecular flexibility index (Phi) is 1.75. The van der Waals surface area contributed by atoms with E-state index in [1.165, 1.54) is 0 Å². The second-order valence-corrected chi connectivity index (χ2v) is 2.74. The van der Waals surface area contributed by atoms with Crippen molar-refractivity contribution >= 4 is 0 Å². The molecule has 0 bridgehead atoms. The van der Waals surface area contributed by atoms with E-state index in [0.29, 0.717) is 6.54 Å². The van der Waals surface area contributed by atoms with Crippen LogP contribution in [0.4, 0.5) is 0 Å². The summed E-state index contributed by atoms with van der Waals surface area (Å²) >= 11 is 0. The number of likely N-dealkylation sites (tertiary alicyclic amines) is 1. The predicted octanol–water partition coefficient (Wildman–Crippen LogP) is -0.958. The van der Waals surface area contributed by atoms with E-state index in [9.17, 15) is 0 Å². The van der Waals surface area contributed by atoms with Crippen LogP contribution in [0.5, 0.6) is 0 Å². The van der Waals surface area contributed by atoms with Gasteiger partial charge in [-0.15, -0.1) is 0 Å². The number of β-amino-alcohol motifs (C(OH)–C–C–N with tert-alkyl or cyclic N) is 1. The lowest BCUT2D eigenvalue weighted by molar-refractivity contribution is 0.0420. The normalized spacial score (nSPS) is 46.0. The minimum Gasteiger partial charge on any atom is -0.389 e. The Hall–Kier alpha value is -0.120. The zero-order valence-corrected chi connectivity index (χ0v) is 5.78. The fraction of sp³-hybridized carbons (Fsp3) is 1.00. The van der Waals surface area contributed by atoms with Gasteiger partial charge in [0, 0.05) is 12.6 Å². The maximum atomic E-state index is 9.14. The molecule has 3 nitrogen and oxygen atoms in total. The van der Waals surface area contributed by atoms with Crippen molar-refractivity contribution in [3.05, 3.63) is 0 Å². The summed E-state index contributed by atoms with van der Waals surface area (Å²) in [6.07, 6.45) is -1.11. The first-order chi connectivity index (χ1) is 4.13. The van der Waals surface area contributed by atoms with Crippen LogP contribution >= 0.6 is 0 Å². The van der Waals surface area contributed by atoms with Gasteiger partial charge >= 0.3 is 0 Å². The molecule has 3 heteroatoms. The topological polar surface area (TPSA) is 43.7 Å². The molecule has 0 aliphatic carbocycles. The molecule has 0 aromatic rings. The van der Waals surface area contributed by atoms with Crippen LogP contribution in [0.3, 0.4) is 0 Å². The molecule has 0 radical (unpaired) electrons. The molecule has 1 aliphatic heterocycles. The van der Waals surface area contributed by atoms with Gasteiger partial charge in [-0.3, -0.25) is 4.90 Å². The van der Waals surface area contributed by atoms with E-state index in [0.717, 1.165) is 0 Å². The average Bonchev–Trinajstić information content (AvgIpc) is 1.98. The Bertz CT molecular complexity index is 95.2. The zero-order chi connectivity index (χ0) is 7.02. The van der Waals surface area contributed by atoms with Crippen molar-refractivity contribution in [3.63, 3.8) is 0 Å². The van der Waals surface area contributed by atoms with Gasteiger partial charge in [0.05, 0.1) is 12.2 Å². The van der Waals surface area contributed by atoms with Gasteiger partial charge in [-0.2, -0.15) is 0 Å². The molecule has 1 rings (SSSR count). The lowest BCUT2D eigenvalue weighted by atomic mass is 10.2. The fourth-order valence-corrected chi connectivity index (χ4v) is 1.15. The molecule has 0 aromatic carbocycles. The molecule has 1 saturated heterocycles. The van der Waals surface area contributed by atoms with Gasteiger partial charge in [0.15, 0.2) is 0 Å². The summed E-state index contributed by atoms with van der Waals surface area (Å²) in [5, 5.41) is 18.2. The average molecular weight is 131 g/mol. The van der Waals surface area contributed by atoms with Crippen LogP contribution in [-0.4, -0.2) is 47.0 Å². The second-order valence-electron chi connectivity index (χ2n) is 2.74. The third-order valence-corrected chi connectivity index (χ3v) is 2.06. The van der Waals surface area contributed by atoms with E-state index in [4.69, 9.17) is 10.2 Å². The number of hydrogen-bond donors (Lipinski definition) is 2. The summed E-state index contributed by atoms with van der Waals surface area (Å²) in [5.74, 6) is 0. The maximum absolute atomic E-state index is 9.14. The second kappa shape index (κ2) is 2.25. The van der Waals surface area contributed by atoms with Crippen LogP contribution in [0.1, 0.15) is 6.92 Å². The van der Waals surface area contributed by atoms with E-state index in [1.807, 2.05) is 18.9 Å². The molecule has 54 valence electrons. The van der Waals surface area contributed by atoms with Crippen LogP contribution in [0.15, 0.2) is 0 Å². The summed E-state index contributed by atoms with van der Waals surface area (Å²) in [7, 11) is 1.89. The number of rotatable bonds is 0. The zero-order valence-electron chi connectivity index (χ0n) is 5.78. The van der Waals surface area contributed by atoms with Gasteiger partial charge < -0.3 is 10.2 Å². The van der Waals surface area contributed by atoms with Crippen LogP contribution in [0.25, 0.3) is 0 Å². The van der Waals surface area contributed by atoms with E-state index >= 15 is 0 Å². The number of hydrogen-bond acceptors (Lipinski definition) is 3. The highest BCUT2D eigenvalue weighted by atomic mass is 16.3. The standard InChI is InChI=1S/C6H13NO2/c1-4-6(9)5(8)3-7(4)2/h4-6,8-9H,3H2,1-2H3/t4-,5?,6?/m1/s1. The molecule has 0 spiro atoms. The highest BCUT2D eigenvalue weighted by molar-refractivity contribution is 4.88. The maximum Gasteiger partial charge on any atom is 0.0963 e. The molecule has 0 aromatic heterocycles. The van der Waals surface area contributed by atoms with Crippen LogP contribution < -0.4 is 0 Å². The first-order valence-corrected chi connectivity index (χ1v) is 3.19. The van der Waals surface area contributed by atoms with E-state index in [-0.39, 0.29) is 6.04 Å². The molecule has 3 atom stereocenters. The third kappa shape index (κ3) is 1.08. The summed E-state index contributed by atoms with van der Waals surface area (Å²) in [6, 6.07) is 0.0972. The number of aliphatic hydroxyl groups is 2. The number of aliphatic hydroxyl groups excluding tert-OH is 2. The monoisotopic (exact) mass is 131 g/mol. The van der Waals surface area contributed by atoms with E-state index in [2.05, 4.69) is 0 Å². The van der Waals surface area contributed by atoms with Crippen LogP contribution in [0.2, 0.25) is 0 Å². The lowest BCUT2D eigenvalue weighted by Gasteiger charge is -2.15. The molecule has 0 saturated carbocycles. The molecular formula is C6H13NO2. The van der Waals surface area contributed by atoms with E-state index in [1.54, 1.807) is 0 Å². The summed E-state index contributed by atoms with van der Waals surface area (Å²) < 4.78 is 0. The highest BCUT2D eigenvalue weighted by Gasteiger charge is 2.33. The van der Waals surface area contributed by atoms with Crippen LogP contribution in [-0.2, 0) is 0 Å². The largest absolute Gasteiger partial charge is 0.389 e. The summed E-state index contributed by atoms with van der Waals surface area (Å²) in [5.41, 5.74) is 0. The van der Waals surface area contributed by atoms with Crippen molar-refractivity contribution in [2.75, 3.05) is 13.6 Å². The Morgan fingerprint density at radius 3 is 2.11 bits per heavy atom. The first-order valence-electron chi connectivity index (χ1n) is 3.19.